The van der Waals surface area contributed by atoms with Crippen LogP contribution in [0.5, 0.6) is 0 Å². The average Bonchev–Trinajstić information content (AvgIpc) is 3.24. The van der Waals surface area contributed by atoms with E-state index in [-0.39, 0.29) is 24.4 Å². The Hall–Kier alpha value is -3.68. The Balaban J connectivity index is 1.53. The molecule has 0 bridgehead atoms. The number of anilines is 2. The Labute approximate surface area is 175 Å². The summed E-state index contributed by atoms with van der Waals surface area (Å²) in [6.07, 6.45) is 4.10. The average molecular weight is 407 g/mol. The SMILES string of the molecule is CC(C)CC(NC(=O)Cc1ccc(NC(=O)Nc2ccccn2)cc1)c1ccon1. The van der Waals surface area contributed by atoms with Crippen LogP contribution in [0.4, 0.5) is 16.3 Å². The Morgan fingerprint density at radius 1 is 1.03 bits per heavy atom. The van der Waals surface area contributed by atoms with Crippen LogP contribution in [0, 0.1) is 5.92 Å². The van der Waals surface area contributed by atoms with E-state index < -0.39 is 0 Å². The number of pyridine rings is 1. The van der Waals surface area contributed by atoms with Crippen LogP contribution in [0.2, 0.25) is 0 Å². The second kappa shape index (κ2) is 10.2. The number of benzene rings is 1. The van der Waals surface area contributed by atoms with Gasteiger partial charge in [0.1, 0.15) is 17.8 Å². The zero-order valence-corrected chi connectivity index (χ0v) is 17.0. The molecule has 1 aromatic carbocycles. The topological polar surface area (TPSA) is 109 Å². The predicted octanol–water partition coefficient (Wildman–Crippen LogP) is 4.16. The zero-order chi connectivity index (χ0) is 21.3. The molecule has 0 saturated carbocycles. The standard InChI is InChI=1S/C22H25N5O3/c1-15(2)13-19(18-10-12-30-27-18)25-21(28)14-16-6-8-17(9-7-16)24-22(29)26-20-5-3-4-11-23-20/h3-12,15,19H,13-14H2,1-2H3,(H,25,28)(H2,23,24,26,29). The highest BCUT2D eigenvalue weighted by atomic mass is 16.5. The number of hydrogen-bond acceptors (Lipinski definition) is 5. The van der Waals surface area contributed by atoms with E-state index in [1.165, 1.54) is 6.26 Å². The normalized spacial score (nSPS) is 11.7. The van der Waals surface area contributed by atoms with Crippen molar-refractivity contribution in [1.82, 2.24) is 15.5 Å². The lowest BCUT2D eigenvalue weighted by atomic mass is 10.0. The lowest BCUT2D eigenvalue weighted by molar-refractivity contribution is -0.121. The first-order valence-corrected chi connectivity index (χ1v) is 9.77. The van der Waals surface area contributed by atoms with Crippen LogP contribution in [-0.2, 0) is 11.2 Å². The van der Waals surface area contributed by atoms with Gasteiger partial charge in [-0.3, -0.25) is 10.1 Å². The second-order valence-corrected chi connectivity index (χ2v) is 7.34. The van der Waals surface area contributed by atoms with E-state index in [0.717, 1.165) is 17.7 Å². The highest BCUT2D eigenvalue weighted by Gasteiger charge is 2.19. The summed E-state index contributed by atoms with van der Waals surface area (Å²) in [4.78, 5) is 28.6. The van der Waals surface area contributed by atoms with Crippen molar-refractivity contribution in [2.45, 2.75) is 32.7 Å². The number of hydrogen-bond donors (Lipinski definition) is 3. The van der Waals surface area contributed by atoms with E-state index in [1.54, 1.807) is 42.6 Å². The van der Waals surface area contributed by atoms with Crippen molar-refractivity contribution in [3.05, 3.63) is 72.2 Å². The smallest absolute Gasteiger partial charge is 0.324 e. The maximum Gasteiger partial charge on any atom is 0.324 e. The van der Waals surface area contributed by atoms with Gasteiger partial charge in [-0.05, 0) is 42.2 Å². The van der Waals surface area contributed by atoms with Crippen LogP contribution in [0.25, 0.3) is 0 Å². The number of nitrogens with one attached hydrogen (secondary N) is 3. The minimum Gasteiger partial charge on any atom is -0.364 e. The van der Waals surface area contributed by atoms with Crippen molar-refractivity contribution in [3.63, 3.8) is 0 Å². The minimum absolute atomic E-state index is 0.0998. The van der Waals surface area contributed by atoms with Crippen molar-refractivity contribution in [3.8, 4) is 0 Å². The molecule has 2 heterocycles. The molecule has 0 aliphatic heterocycles. The molecule has 30 heavy (non-hydrogen) atoms. The Morgan fingerprint density at radius 3 is 2.47 bits per heavy atom. The summed E-state index contributed by atoms with van der Waals surface area (Å²) in [6.45, 7) is 4.18. The summed E-state index contributed by atoms with van der Waals surface area (Å²) in [5.41, 5.74) is 2.18. The molecule has 0 aliphatic carbocycles. The third kappa shape index (κ3) is 6.44. The first-order chi connectivity index (χ1) is 14.5. The van der Waals surface area contributed by atoms with E-state index in [9.17, 15) is 9.59 Å². The van der Waals surface area contributed by atoms with Gasteiger partial charge in [0.05, 0.1) is 12.5 Å². The fraction of sp³-hybridized carbons (Fsp3) is 0.273. The highest BCUT2D eigenvalue weighted by molar-refractivity contribution is 5.99. The van der Waals surface area contributed by atoms with Gasteiger partial charge in [-0.1, -0.05) is 37.2 Å². The van der Waals surface area contributed by atoms with Crippen molar-refractivity contribution in [2.75, 3.05) is 10.6 Å². The fourth-order valence-corrected chi connectivity index (χ4v) is 2.98. The van der Waals surface area contributed by atoms with Crippen LogP contribution >= 0.6 is 0 Å². The molecule has 0 fully saturated rings. The Bertz CT molecular complexity index is 941. The lowest BCUT2D eigenvalue weighted by Gasteiger charge is -2.18. The third-order valence-corrected chi connectivity index (χ3v) is 4.34. The van der Waals surface area contributed by atoms with Crippen LogP contribution in [-0.4, -0.2) is 22.1 Å². The summed E-state index contributed by atoms with van der Waals surface area (Å²) in [7, 11) is 0. The quantitative estimate of drug-likeness (QED) is 0.519. The van der Waals surface area contributed by atoms with Gasteiger partial charge in [-0.2, -0.15) is 0 Å². The van der Waals surface area contributed by atoms with Crippen molar-refractivity contribution in [2.24, 2.45) is 5.92 Å². The van der Waals surface area contributed by atoms with E-state index >= 15 is 0 Å². The van der Waals surface area contributed by atoms with Gasteiger partial charge >= 0.3 is 6.03 Å². The molecule has 8 nitrogen and oxygen atoms in total. The molecule has 3 N–H and O–H groups in total. The lowest BCUT2D eigenvalue weighted by Crippen LogP contribution is -2.31. The van der Waals surface area contributed by atoms with Gasteiger partial charge in [0, 0.05) is 18.0 Å². The molecular weight excluding hydrogens is 382 g/mol. The summed E-state index contributed by atoms with van der Waals surface area (Å²) < 4.78 is 4.91. The maximum absolute atomic E-state index is 12.5. The zero-order valence-electron chi connectivity index (χ0n) is 17.0. The number of aromatic nitrogens is 2. The molecule has 2 aromatic heterocycles. The molecule has 3 aromatic rings. The van der Waals surface area contributed by atoms with E-state index in [2.05, 4.69) is 39.9 Å². The summed E-state index contributed by atoms with van der Waals surface area (Å²) in [5, 5.41) is 12.4. The summed E-state index contributed by atoms with van der Waals surface area (Å²) in [6, 6.07) is 13.6. The molecular formula is C22H25N5O3. The third-order valence-electron chi connectivity index (χ3n) is 4.34. The van der Waals surface area contributed by atoms with E-state index in [0.29, 0.717) is 17.4 Å². The molecule has 1 unspecified atom stereocenters. The number of urea groups is 1. The number of carbonyl (C=O) groups excluding carboxylic acids is 2. The van der Waals surface area contributed by atoms with Crippen molar-refractivity contribution in [1.29, 1.82) is 0 Å². The fourth-order valence-electron chi connectivity index (χ4n) is 2.98. The molecule has 156 valence electrons. The first kappa shape index (κ1) is 21.0. The number of nitrogens with zero attached hydrogens (tertiary/aromatic N) is 2. The van der Waals surface area contributed by atoms with E-state index in [4.69, 9.17) is 4.52 Å². The van der Waals surface area contributed by atoms with Gasteiger partial charge < -0.3 is 15.2 Å². The van der Waals surface area contributed by atoms with Crippen LogP contribution in [0.3, 0.4) is 0 Å². The number of carbonyl (C=O) groups is 2. The molecule has 3 rings (SSSR count). The molecule has 0 spiro atoms. The van der Waals surface area contributed by atoms with Gasteiger partial charge in [-0.25, -0.2) is 9.78 Å². The highest BCUT2D eigenvalue weighted by Crippen LogP contribution is 2.20. The van der Waals surface area contributed by atoms with Crippen molar-refractivity contribution < 1.29 is 14.1 Å². The number of amides is 3. The molecule has 0 aliphatic rings. The summed E-state index contributed by atoms with van der Waals surface area (Å²) >= 11 is 0. The molecule has 3 amide bonds. The molecule has 0 radical (unpaired) electrons. The van der Waals surface area contributed by atoms with Crippen molar-refractivity contribution >= 4 is 23.4 Å². The van der Waals surface area contributed by atoms with Crippen LogP contribution < -0.4 is 16.0 Å². The first-order valence-electron chi connectivity index (χ1n) is 9.77. The minimum atomic E-state index is -0.386. The van der Waals surface area contributed by atoms with Gasteiger partial charge in [0.15, 0.2) is 0 Å². The number of rotatable bonds is 8. The maximum atomic E-state index is 12.5. The Kier molecular flexibility index (Phi) is 7.15. The van der Waals surface area contributed by atoms with Gasteiger partial charge in [0.25, 0.3) is 0 Å². The van der Waals surface area contributed by atoms with Gasteiger partial charge in [0.2, 0.25) is 5.91 Å². The Morgan fingerprint density at radius 2 is 1.83 bits per heavy atom. The summed E-state index contributed by atoms with van der Waals surface area (Å²) in [5.74, 6) is 0.762. The van der Waals surface area contributed by atoms with E-state index in [1.807, 2.05) is 12.1 Å². The monoisotopic (exact) mass is 407 g/mol. The largest absolute Gasteiger partial charge is 0.364 e. The van der Waals surface area contributed by atoms with Crippen LogP contribution in [0.15, 0.2) is 65.5 Å². The second-order valence-electron chi connectivity index (χ2n) is 7.34. The predicted molar refractivity (Wildman–Crippen MR) is 114 cm³/mol. The molecule has 1 atom stereocenters. The van der Waals surface area contributed by atoms with Crippen LogP contribution in [0.1, 0.15) is 37.6 Å². The van der Waals surface area contributed by atoms with Gasteiger partial charge in [-0.15, -0.1) is 0 Å². The molecule has 8 heteroatoms. The molecule has 0 saturated heterocycles.